The van der Waals surface area contributed by atoms with E-state index in [4.69, 9.17) is 5.84 Å². The van der Waals surface area contributed by atoms with E-state index in [0.29, 0.717) is 5.56 Å². The summed E-state index contributed by atoms with van der Waals surface area (Å²) in [6.07, 6.45) is 1.34. The van der Waals surface area contributed by atoms with Gasteiger partial charge in [0.05, 0.1) is 5.69 Å². The Labute approximate surface area is 115 Å². The zero-order valence-corrected chi connectivity index (χ0v) is 11.4. The minimum Gasteiger partial charge on any atom is -0.321 e. The van der Waals surface area contributed by atoms with Crippen molar-refractivity contribution >= 4 is 21.4 Å². The molecule has 106 valence electrons. The van der Waals surface area contributed by atoms with Crippen LogP contribution in [0.3, 0.4) is 0 Å². The second-order valence-electron chi connectivity index (χ2n) is 4.07. The maximum Gasteiger partial charge on any atom is 0.281 e. The number of rotatable bonds is 4. The van der Waals surface area contributed by atoms with Gasteiger partial charge in [0.15, 0.2) is 0 Å². The highest BCUT2D eigenvalue weighted by Crippen LogP contribution is 2.21. The van der Waals surface area contributed by atoms with E-state index in [2.05, 4.69) is 15.1 Å². The van der Waals surface area contributed by atoms with Crippen molar-refractivity contribution in [3.63, 3.8) is 0 Å². The fourth-order valence-corrected chi connectivity index (χ4v) is 2.78. The largest absolute Gasteiger partial charge is 0.321 e. The van der Waals surface area contributed by atoms with E-state index in [1.807, 2.05) is 0 Å². The van der Waals surface area contributed by atoms with Crippen LogP contribution in [0.15, 0.2) is 41.6 Å². The van der Waals surface area contributed by atoms with E-state index in [-0.39, 0.29) is 16.4 Å². The molecule has 0 spiro atoms. The van der Waals surface area contributed by atoms with Gasteiger partial charge in [0, 0.05) is 11.9 Å². The molecule has 1 aromatic heterocycles. The predicted octanol–water partition coefficient (Wildman–Crippen LogP) is 1.62. The van der Waals surface area contributed by atoms with Crippen LogP contribution in [-0.4, -0.2) is 13.4 Å². The van der Waals surface area contributed by atoms with E-state index in [0.717, 1.165) is 0 Å². The van der Waals surface area contributed by atoms with E-state index < -0.39 is 15.8 Å². The molecule has 2 rings (SSSR count). The van der Waals surface area contributed by atoms with Crippen LogP contribution < -0.4 is 16.0 Å². The number of anilines is 2. The summed E-state index contributed by atoms with van der Waals surface area (Å²) in [6.45, 7) is 1.54. The maximum atomic E-state index is 13.2. The Bertz CT molecular complexity index is 734. The number of pyridine rings is 1. The molecule has 0 fully saturated rings. The van der Waals surface area contributed by atoms with Crippen molar-refractivity contribution in [1.29, 1.82) is 0 Å². The fraction of sp³-hybridized carbons (Fsp3) is 0.0833. The molecule has 0 saturated carbocycles. The molecule has 2 aromatic rings. The van der Waals surface area contributed by atoms with Crippen molar-refractivity contribution < 1.29 is 12.8 Å². The first kappa shape index (κ1) is 14.2. The second kappa shape index (κ2) is 5.43. The highest BCUT2D eigenvalue weighted by molar-refractivity contribution is 7.92. The number of nitrogens with one attached hydrogen (secondary N) is 2. The number of nitrogens with zero attached hydrogens (tertiary/aromatic N) is 1. The molecule has 0 bridgehead atoms. The minimum absolute atomic E-state index is 0.166. The average molecular weight is 296 g/mol. The van der Waals surface area contributed by atoms with E-state index in [9.17, 15) is 12.8 Å². The molecule has 0 atom stereocenters. The van der Waals surface area contributed by atoms with Crippen molar-refractivity contribution in [1.82, 2.24) is 4.98 Å². The van der Waals surface area contributed by atoms with Crippen LogP contribution in [0.4, 0.5) is 15.8 Å². The Balaban J connectivity index is 2.38. The molecule has 0 aliphatic carbocycles. The smallest absolute Gasteiger partial charge is 0.281 e. The molecular weight excluding hydrogens is 283 g/mol. The molecule has 6 nitrogen and oxygen atoms in total. The van der Waals surface area contributed by atoms with E-state index in [1.165, 1.54) is 30.5 Å². The zero-order valence-electron chi connectivity index (χ0n) is 10.6. The maximum absolute atomic E-state index is 13.2. The number of aromatic nitrogens is 1. The molecule has 0 saturated heterocycles. The van der Waals surface area contributed by atoms with Crippen LogP contribution in [-0.2, 0) is 10.0 Å². The van der Waals surface area contributed by atoms with Crippen molar-refractivity contribution in [2.45, 2.75) is 11.9 Å². The number of benzene rings is 1. The molecule has 0 amide bonds. The highest BCUT2D eigenvalue weighted by atomic mass is 32.2. The fourth-order valence-electron chi connectivity index (χ4n) is 1.63. The molecule has 1 heterocycles. The normalized spacial score (nSPS) is 11.2. The predicted molar refractivity (Wildman–Crippen MR) is 74.0 cm³/mol. The monoisotopic (exact) mass is 296 g/mol. The molecule has 8 heteroatoms. The Morgan fingerprint density at radius 1 is 1.30 bits per heavy atom. The second-order valence-corrected chi connectivity index (χ2v) is 5.67. The first-order valence-corrected chi connectivity index (χ1v) is 7.13. The topological polar surface area (TPSA) is 97.1 Å². The molecule has 4 N–H and O–H groups in total. The number of halogens is 1. The summed E-state index contributed by atoms with van der Waals surface area (Å²) in [5.74, 6) is 4.85. The quantitative estimate of drug-likeness (QED) is 0.588. The number of sulfonamides is 1. The van der Waals surface area contributed by atoms with Gasteiger partial charge in [-0.05, 0) is 42.8 Å². The third kappa shape index (κ3) is 2.86. The van der Waals surface area contributed by atoms with E-state index >= 15 is 0 Å². The van der Waals surface area contributed by atoms with Crippen LogP contribution >= 0.6 is 0 Å². The summed E-state index contributed by atoms with van der Waals surface area (Å²) in [4.78, 5) is 3.79. The van der Waals surface area contributed by atoms with Gasteiger partial charge in [0.25, 0.3) is 10.0 Å². The Morgan fingerprint density at radius 3 is 2.70 bits per heavy atom. The van der Waals surface area contributed by atoms with Crippen LogP contribution in [0.2, 0.25) is 0 Å². The van der Waals surface area contributed by atoms with Gasteiger partial charge in [-0.15, -0.1) is 0 Å². The Kier molecular flexibility index (Phi) is 3.86. The number of hydrogen-bond acceptors (Lipinski definition) is 5. The van der Waals surface area contributed by atoms with Gasteiger partial charge in [0.1, 0.15) is 5.82 Å². The molecule has 20 heavy (non-hydrogen) atoms. The summed E-state index contributed by atoms with van der Waals surface area (Å²) in [5.41, 5.74) is 3.02. The minimum atomic E-state index is -3.91. The summed E-state index contributed by atoms with van der Waals surface area (Å²) in [6, 6.07) is 6.95. The summed E-state index contributed by atoms with van der Waals surface area (Å²) < 4.78 is 39.9. The molecular formula is C12H13FN4O2S. The SMILES string of the molecule is Cc1cc(NS(=O)(=O)c2ncccc2NN)ccc1F. The van der Waals surface area contributed by atoms with Gasteiger partial charge >= 0.3 is 0 Å². The number of nitrogen functional groups attached to an aromatic ring is 1. The number of hydrazine groups is 1. The van der Waals surface area contributed by atoms with Crippen molar-refractivity contribution in [3.8, 4) is 0 Å². The number of aryl methyl sites for hydroxylation is 1. The van der Waals surface area contributed by atoms with E-state index in [1.54, 1.807) is 13.0 Å². The first-order chi connectivity index (χ1) is 9.44. The molecule has 1 aromatic carbocycles. The first-order valence-electron chi connectivity index (χ1n) is 5.64. The van der Waals surface area contributed by atoms with Crippen molar-refractivity contribution in [3.05, 3.63) is 47.9 Å². The Morgan fingerprint density at radius 2 is 2.05 bits per heavy atom. The third-order valence-corrected chi connectivity index (χ3v) is 3.93. The van der Waals surface area contributed by atoms with Gasteiger partial charge in [-0.1, -0.05) is 0 Å². The van der Waals surface area contributed by atoms with Gasteiger partial charge in [0.2, 0.25) is 5.03 Å². The lowest BCUT2D eigenvalue weighted by atomic mass is 10.2. The van der Waals surface area contributed by atoms with Crippen LogP contribution in [0.1, 0.15) is 5.56 Å². The van der Waals surface area contributed by atoms with Gasteiger partial charge in [-0.25, -0.2) is 9.37 Å². The summed E-state index contributed by atoms with van der Waals surface area (Å²) in [7, 11) is -3.91. The lowest BCUT2D eigenvalue weighted by Gasteiger charge is -2.11. The Hall–Kier alpha value is -2.19. The molecule has 0 radical (unpaired) electrons. The number of nitrogens with two attached hydrogens (primary N) is 1. The molecule has 0 unspecified atom stereocenters. The third-order valence-electron chi connectivity index (χ3n) is 2.59. The summed E-state index contributed by atoms with van der Waals surface area (Å²) >= 11 is 0. The molecule has 0 aliphatic rings. The molecule has 0 aliphatic heterocycles. The average Bonchev–Trinajstić information content (AvgIpc) is 2.42. The van der Waals surface area contributed by atoms with Crippen LogP contribution in [0.5, 0.6) is 0 Å². The van der Waals surface area contributed by atoms with Crippen LogP contribution in [0.25, 0.3) is 0 Å². The van der Waals surface area contributed by atoms with Crippen molar-refractivity contribution in [2.75, 3.05) is 10.1 Å². The summed E-state index contributed by atoms with van der Waals surface area (Å²) in [5, 5.41) is -0.232. The van der Waals surface area contributed by atoms with Gasteiger partial charge in [-0.3, -0.25) is 10.6 Å². The van der Waals surface area contributed by atoms with Gasteiger partial charge in [-0.2, -0.15) is 8.42 Å². The standard InChI is InChI=1S/C12H13FN4O2S/c1-8-7-9(4-5-10(8)13)17-20(18,19)12-11(16-14)3-2-6-15-12/h2-7,16-17H,14H2,1H3. The van der Waals surface area contributed by atoms with Crippen molar-refractivity contribution in [2.24, 2.45) is 5.84 Å². The lowest BCUT2D eigenvalue weighted by molar-refractivity contribution is 0.597. The zero-order chi connectivity index (χ0) is 14.8. The lowest BCUT2D eigenvalue weighted by Crippen LogP contribution is -2.19. The van der Waals surface area contributed by atoms with Crippen LogP contribution in [0, 0.1) is 12.7 Å². The number of hydrogen-bond donors (Lipinski definition) is 3. The highest BCUT2D eigenvalue weighted by Gasteiger charge is 2.20. The van der Waals surface area contributed by atoms with Gasteiger partial charge < -0.3 is 5.43 Å².